The minimum atomic E-state index is -0.656. The topological polar surface area (TPSA) is 23.5 Å². The third-order valence-corrected chi connectivity index (χ3v) is 3.19. The van der Waals surface area contributed by atoms with Crippen molar-refractivity contribution < 1.29 is 13.9 Å². The van der Waals surface area contributed by atoms with E-state index in [1.807, 2.05) is 11.8 Å². The molecule has 2 nitrogen and oxygen atoms in total. The monoisotopic (exact) mass is 241 g/mol. The normalized spacial score (nSPS) is 19.1. The Balaban J connectivity index is 1.96. The van der Waals surface area contributed by atoms with Gasteiger partial charge in [0.25, 0.3) is 0 Å². The van der Waals surface area contributed by atoms with Crippen LogP contribution in [0.5, 0.6) is 0 Å². The van der Waals surface area contributed by atoms with Crippen molar-refractivity contribution in [2.24, 2.45) is 0 Å². The Bertz CT molecular complexity index is 382. The molecule has 1 aliphatic rings. The molecule has 2 rings (SSSR count). The van der Waals surface area contributed by atoms with Crippen molar-refractivity contribution in [2.75, 3.05) is 13.1 Å². The third-order valence-electron chi connectivity index (χ3n) is 3.19. The zero-order valence-corrected chi connectivity index (χ0v) is 9.92. The van der Waals surface area contributed by atoms with Gasteiger partial charge in [0.2, 0.25) is 0 Å². The molecule has 0 atom stereocenters. The van der Waals surface area contributed by atoms with Gasteiger partial charge in [0.1, 0.15) is 11.6 Å². The smallest absolute Gasteiger partial charge is 0.130 e. The molecule has 0 amide bonds. The molecule has 0 unspecified atom stereocenters. The average molecular weight is 241 g/mol. The zero-order valence-electron chi connectivity index (χ0n) is 9.92. The highest BCUT2D eigenvalue weighted by molar-refractivity contribution is 5.20. The van der Waals surface area contributed by atoms with Crippen LogP contribution in [0.25, 0.3) is 0 Å². The summed E-state index contributed by atoms with van der Waals surface area (Å²) in [4.78, 5) is 1.86. The average Bonchev–Trinajstić information content (AvgIpc) is 2.21. The lowest BCUT2D eigenvalue weighted by Crippen LogP contribution is -2.61. The van der Waals surface area contributed by atoms with E-state index in [0.717, 1.165) is 12.8 Å². The van der Waals surface area contributed by atoms with Crippen LogP contribution in [0.4, 0.5) is 8.78 Å². The Labute approximate surface area is 99.9 Å². The van der Waals surface area contributed by atoms with Crippen LogP contribution in [0, 0.1) is 11.6 Å². The third kappa shape index (κ3) is 2.64. The highest BCUT2D eigenvalue weighted by atomic mass is 19.1. The fourth-order valence-corrected chi connectivity index (χ4v) is 2.43. The summed E-state index contributed by atoms with van der Waals surface area (Å²) in [5.74, 6) is -1.04. The van der Waals surface area contributed by atoms with Gasteiger partial charge in [0.05, 0.1) is 5.60 Å². The van der Waals surface area contributed by atoms with Gasteiger partial charge in [0, 0.05) is 25.2 Å². The Hall–Kier alpha value is -1.00. The number of aliphatic hydroxyl groups is 1. The van der Waals surface area contributed by atoms with Gasteiger partial charge in [-0.2, -0.15) is 0 Å². The number of rotatable bonds is 4. The number of β-amino-alcohol motifs (C(OH)–C–C–N with tert-alkyl or cyclic N) is 1. The number of hydrogen-bond acceptors (Lipinski definition) is 2. The molecule has 0 spiro atoms. The van der Waals surface area contributed by atoms with E-state index in [4.69, 9.17) is 0 Å². The molecule has 1 fully saturated rings. The first-order valence-corrected chi connectivity index (χ1v) is 5.92. The van der Waals surface area contributed by atoms with Crippen molar-refractivity contribution in [3.05, 3.63) is 35.4 Å². The summed E-state index contributed by atoms with van der Waals surface area (Å²) in [5.41, 5.74) is -0.567. The lowest BCUT2D eigenvalue weighted by molar-refractivity contribution is -0.107. The van der Waals surface area contributed by atoms with E-state index in [1.54, 1.807) is 0 Å². The van der Waals surface area contributed by atoms with Crippen LogP contribution in [0.1, 0.15) is 25.3 Å². The summed E-state index contributed by atoms with van der Waals surface area (Å²) in [5, 5.41) is 9.97. The Kier molecular flexibility index (Phi) is 3.45. The summed E-state index contributed by atoms with van der Waals surface area (Å²) in [6.45, 7) is 3.23. The molecule has 1 heterocycles. The van der Waals surface area contributed by atoms with Crippen LogP contribution in [0.15, 0.2) is 18.2 Å². The van der Waals surface area contributed by atoms with E-state index in [1.165, 1.54) is 18.2 Å². The minimum absolute atomic E-state index is 0.0889. The fourth-order valence-electron chi connectivity index (χ4n) is 2.43. The van der Waals surface area contributed by atoms with Crippen molar-refractivity contribution >= 4 is 0 Å². The highest BCUT2D eigenvalue weighted by Crippen LogP contribution is 2.28. The SMILES string of the molecule is CCCC1(O)CN(Cc2c(F)cccc2F)C1. The number of hydrogen-bond donors (Lipinski definition) is 1. The molecule has 1 aromatic carbocycles. The Morgan fingerprint density at radius 3 is 2.41 bits per heavy atom. The van der Waals surface area contributed by atoms with Crippen LogP contribution in [-0.2, 0) is 6.54 Å². The second-order valence-electron chi connectivity index (χ2n) is 4.82. The van der Waals surface area contributed by atoms with E-state index in [0.29, 0.717) is 13.1 Å². The van der Waals surface area contributed by atoms with Crippen molar-refractivity contribution in [3.63, 3.8) is 0 Å². The van der Waals surface area contributed by atoms with Crippen LogP contribution in [0.2, 0.25) is 0 Å². The number of likely N-dealkylation sites (tertiary alicyclic amines) is 1. The summed E-state index contributed by atoms with van der Waals surface area (Å²) >= 11 is 0. The molecule has 4 heteroatoms. The van der Waals surface area contributed by atoms with Gasteiger partial charge in [-0.1, -0.05) is 19.4 Å². The van der Waals surface area contributed by atoms with Gasteiger partial charge < -0.3 is 5.11 Å². The maximum absolute atomic E-state index is 13.4. The number of nitrogens with zero attached hydrogens (tertiary/aromatic N) is 1. The molecule has 1 aliphatic heterocycles. The molecule has 0 saturated carbocycles. The standard InChI is InChI=1S/C13H17F2NO/c1-2-6-13(17)8-16(9-13)7-10-11(14)4-3-5-12(10)15/h3-5,17H,2,6-9H2,1H3. The quantitative estimate of drug-likeness (QED) is 0.874. The molecule has 0 aromatic heterocycles. The molecule has 1 aromatic rings. The van der Waals surface area contributed by atoms with E-state index in [9.17, 15) is 13.9 Å². The molecule has 1 saturated heterocycles. The van der Waals surface area contributed by atoms with E-state index in [2.05, 4.69) is 0 Å². The largest absolute Gasteiger partial charge is 0.387 e. The highest BCUT2D eigenvalue weighted by Gasteiger charge is 2.40. The molecule has 1 N–H and O–H groups in total. The molecule has 0 radical (unpaired) electrons. The summed E-state index contributed by atoms with van der Waals surface area (Å²) in [6.07, 6.45) is 1.65. The zero-order chi connectivity index (χ0) is 12.5. The van der Waals surface area contributed by atoms with Crippen LogP contribution < -0.4 is 0 Å². The van der Waals surface area contributed by atoms with E-state index in [-0.39, 0.29) is 12.1 Å². The maximum atomic E-state index is 13.4. The first-order valence-electron chi connectivity index (χ1n) is 5.92. The van der Waals surface area contributed by atoms with Crippen molar-refractivity contribution in [1.82, 2.24) is 4.90 Å². The van der Waals surface area contributed by atoms with Crippen molar-refractivity contribution in [1.29, 1.82) is 0 Å². The van der Waals surface area contributed by atoms with Crippen molar-refractivity contribution in [2.45, 2.75) is 31.9 Å². The van der Waals surface area contributed by atoms with Gasteiger partial charge >= 0.3 is 0 Å². The molecular formula is C13H17F2NO. The first kappa shape index (κ1) is 12.5. The summed E-state index contributed by atoms with van der Waals surface area (Å²) < 4.78 is 26.8. The lowest BCUT2D eigenvalue weighted by atomic mass is 9.89. The first-order chi connectivity index (χ1) is 8.04. The number of halogens is 2. The van der Waals surface area contributed by atoms with Gasteiger partial charge in [-0.25, -0.2) is 8.78 Å². The maximum Gasteiger partial charge on any atom is 0.130 e. The van der Waals surface area contributed by atoms with E-state index < -0.39 is 17.2 Å². The molecule has 94 valence electrons. The summed E-state index contributed by atoms with van der Waals surface area (Å²) in [6, 6.07) is 3.88. The van der Waals surface area contributed by atoms with E-state index >= 15 is 0 Å². The molecule has 0 aliphatic carbocycles. The summed E-state index contributed by atoms with van der Waals surface area (Å²) in [7, 11) is 0. The second kappa shape index (κ2) is 4.70. The fraction of sp³-hybridized carbons (Fsp3) is 0.538. The van der Waals surface area contributed by atoms with Crippen LogP contribution in [-0.4, -0.2) is 28.7 Å². The Morgan fingerprint density at radius 1 is 1.29 bits per heavy atom. The van der Waals surface area contributed by atoms with Gasteiger partial charge in [-0.3, -0.25) is 4.90 Å². The van der Waals surface area contributed by atoms with Gasteiger partial charge in [-0.15, -0.1) is 0 Å². The minimum Gasteiger partial charge on any atom is -0.387 e. The molecule has 0 bridgehead atoms. The van der Waals surface area contributed by atoms with Gasteiger partial charge in [-0.05, 0) is 18.6 Å². The predicted octanol–water partition coefficient (Wildman–Crippen LogP) is 2.31. The van der Waals surface area contributed by atoms with Crippen molar-refractivity contribution in [3.8, 4) is 0 Å². The van der Waals surface area contributed by atoms with Crippen LogP contribution >= 0.6 is 0 Å². The lowest BCUT2D eigenvalue weighted by Gasteiger charge is -2.46. The predicted molar refractivity (Wildman–Crippen MR) is 61.5 cm³/mol. The Morgan fingerprint density at radius 2 is 1.88 bits per heavy atom. The number of benzene rings is 1. The van der Waals surface area contributed by atoms with Gasteiger partial charge in [0.15, 0.2) is 0 Å². The molecular weight excluding hydrogens is 224 g/mol. The van der Waals surface area contributed by atoms with Crippen LogP contribution in [0.3, 0.4) is 0 Å². The second-order valence-corrected chi connectivity index (χ2v) is 4.82. The molecule has 17 heavy (non-hydrogen) atoms.